The minimum Gasteiger partial charge on any atom is -0.365 e. The predicted molar refractivity (Wildman–Crippen MR) is 83.2 cm³/mol. The number of aromatic nitrogens is 4. The molecule has 3 aromatic rings. The molecule has 8 heteroatoms. The molecule has 22 heavy (non-hydrogen) atoms. The highest BCUT2D eigenvalue weighted by Crippen LogP contribution is 2.19. The van der Waals surface area contributed by atoms with Gasteiger partial charge in [-0.15, -0.1) is 0 Å². The molecule has 0 aliphatic heterocycles. The van der Waals surface area contributed by atoms with Crippen molar-refractivity contribution in [3.63, 3.8) is 0 Å². The maximum atomic E-state index is 11.4. The standard InChI is InChI=1S/C14H15N5O2S/c1-19-14-12(8-18-19)13(16-9-17-14)15-7-10-3-5-11(6-4-10)22(2,20)21/h3-6,8-9H,7H2,1-2H3,(H,15,16,17). The molecular formula is C14H15N5O2S. The van der Waals surface area contributed by atoms with Gasteiger partial charge in [-0.3, -0.25) is 4.68 Å². The fraction of sp³-hybridized carbons (Fsp3) is 0.214. The summed E-state index contributed by atoms with van der Waals surface area (Å²) in [6.07, 6.45) is 4.39. The smallest absolute Gasteiger partial charge is 0.175 e. The van der Waals surface area contributed by atoms with Crippen molar-refractivity contribution in [1.29, 1.82) is 0 Å². The fourth-order valence-electron chi connectivity index (χ4n) is 2.14. The predicted octanol–water partition coefficient (Wildman–Crippen LogP) is 1.38. The van der Waals surface area contributed by atoms with E-state index in [1.165, 1.54) is 12.6 Å². The van der Waals surface area contributed by atoms with Crippen LogP contribution in [0.4, 0.5) is 5.82 Å². The first-order valence-electron chi connectivity index (χ1n) is 6.61. The van der Waals surface area contributed by atoms with Crippen LogP contribution in [0.2, 0.25) is 0 Å². The summed E-state index contributed by atoms with van der Waals surface area (Å²) in [5.74, 6) is 0.699. The Hall–Kier alpha value is -2.48. The summed E-state index contributed by atoms with van der Waals surface area (Å²) < 4.78 is 24.5. The van der Waals surface area contributed by atoms with Gasteiger partial charge in [0.05, 0.1) is 16.5 Å². The molecule has 0 aliphatic rings. The number of nitrogens with zero attached hydrogens (tertiary/aromatic N) is 4. The lowest BCUT2D eigenvalue weighted by atomic mass is 10.2. The maximum absolute atomic E-state index is 11.4. The van der Waals surface area contributed by atoms with Crippen LogP contribution >= 0.6 is 0 Å². The number of nitrogens with one attached hydrogen (secondary N) is 1. The van der Waals surface area contributed by atoms with Crippen LogP contribution in [0.25, 0.3) is 11.0 Å². The van der Waals surface area contributed by atoms with E-state index in [0.717, 1.165) is 16.6 Å². The normalized spacial score (nSPS) is 11.7. The Bertz CT molecular complexity index is 916. The summed E-state index contributed by atoms with van der Waals surface area (Å²) in [6, 6.07) is 6.77. The van der Waals surface area contributed by atoms with Gasteiger partial charge >= 0.3 is 0 Å². The second kappa shape index (κ2) is 5.38. The Morgan fingerprint density at radius 3 is 2.59 bits per heavy atom. The van der Waals surface area contributed by atoms with Gasteiger partial charge < -0.3 is 5.32 Å². The molecule has 0 bridgehead atoms. The van der Waals surface area contributed by atoms with Crippen LogP contribution in [-0.4, -0.2) is 34.4 Å². The van der Waals surface area contributed by atoms with Crippen molar-refractivity contribution in [3.8, 4) is 0 Å². The van der Waals surface area contributed by atoms with Gasteiger partial charge in [0.2, 0.25) is 0 Å². The number of sulfone groups is 1. The lowest BCUT2D eigenvalue weighted by molar-refractivity contribution is 0.602. The Morgan fingerprint density at radius 1 is 1.18 bits per heavy atom. The van der Waals surface area contributed by atoms with Crippen LogP contribution < -0.4 is 5.32 Å². The molecule has 1 aromatic carbocycles. The van der Waals surface area contributed by atoms with E-state index in [1.54, 1.807) is 35.1 Å². The quantitative estimate of drug-likeness (QED) is 0.782. The van der Waals surface area contributed by atoms with Crippen molar-refractivity contribution in [1.82, 2.24) is 19.7 Å². The Morgan fingerprint density at radius 2 is 1.91 bits per heavy atom. The Kier molecular flexibility index (Phi) is 3.53. The summed E-state index contributed by atoms with van der Waals surface area (Å²) >= 11 is 0. The van der Waals surface area contributed by atoms with E-state index in [4.69, 9.17) is 0 Å². The van der Waals surface area contributed by atoms with Crippen molar-refractivity contribution < 1.29 is 8.42 Å². The number of anilines is 1. The molecule has 0 radical (unpaired) electrons. The molecule has 0 spiro atoms. The number of hydrogen-bond donors (Lipinski definition) is 1. The van der Waals surface area contributed by atoms with E-state index >= 15 is 0 Å². The number of fused-ring (bicyclic) bond motifs is 1. The maximum Gasteiger partial charge on any atom is 0.175 e. The van der Waals surface area contributed by atoms with Crippen LogP contribution in [0.1, 0.15) is 5.56 Å². The second-order valence-electron chi connectivity index (χ2n) is 5.00. The molecule has 3 rings (SSSR count). The Labute approximate surface area is 127 Å². The van der Waals surface area contributed by atoms with Crippen LogP contribution in [0.15, 0.2) is 41.7 Å². The van der Waals surface area contributed by atoms with Crippen molar-refractivity contribution in [2.45, 2.75) is 11.4 Å². The van der Waals surface area contributed by atoms with Crippen molar-refractivity contribution >= 4 is 26.7 Å². The zero-order valence-corrected chi connectivity index (χ0v) is 13.0. The van der Waals surface area contributed by atoms with E-state index in [1.807, 2.05) is 7.05 Å². The lowest BCUT2D eigenvalue weighted by Gasteiger charge is -2.07. The van der Waals surface area contributed by atoms with Crippen LogP contribution in [0.5, 0.6) is 0 Å². The molecule has 114 valence electrons. The molecule has 0 amide bonds. The molecular weight excluding hydrogens is 302 g/mol. The van der Waals surface area contributed by atoms with E-state index in [9.17, 15) is 8.42 Å². The van der Waals surface area contributed by atoms with Crippen LogP contribution in [0.3, 0.4) is 0 Å². The zero-order chi connectivity index (χ0) is 15.7. The average Bonchev–Trinajstić information content (AvgIpc) is 2.87. The minimum absolute atomic E-state index is 0.313. The zero-order valence-electron chi connectivity index (χ0n) is 12.2. The summed E-state index contributed by atoms with van der Waals surface area (Å²) in [5, 5.41) is 8.22. The van der Waals surface area contributed by atoms with Crippen LogP contribution in [-0.2, 0) is 23.4 Å². The van der Waals surface area contributed by atoms with Crippen molar-refractivity contribution in [2.75, 3.05) is 11.6 Å². The van der Waals surface area contributed by atoms with Crippen LogP contribution in [0, 0.1) is 0 Å². The van der Waals surface area contributed by atoms with Crippen molar-refractivity contribution in [3.05, 3.63) is 42.4 Å². The summed E-state index contributed by atoms with van der Waals surface area (Å²) in [5.41, 5.74) is 1.72. The van der Waals surface area contributed by atoms with E-state index in [2.05, 4.69) is 20.4 Å². The molecule has 1 N–H and O–H groups in total. The first kappa shape index (κ1) is 14.5. The van der Waals surface area contributed by atoms with Gasteiger partial charge in [0.25, 0.3) is 0 Å². The molecule has 0 fully saturated rings. The third-order valence-electron chi connectivity index (χ3n) is 3.34. The lowest BCUT2D eigenvalue weighted by Crippen LogP contribution is -2.03. The van der Waals surface area contributed by atoms with Crippen molar-refractivity contribution in [2.24, 2.45) is 7.05 Å². The van der Waals surface area contributed by atoms with E-state index < -0.39 is 9.84 Å². The number of benzene rings is 1. The van der Waals surface area contributed by atoms with E-state index in [0.29, 0.717) is 17.3 Å². The first-order valence-corrected chi connectivity index (χ1v) is 8.50. The number of rotatable bonds is 4. The second-order valence-corrected chi connectivity index (χ2v) is 7.01. The highest BCUT2D eigenvalue weighted by molar-refractivity contribution is 7.90. The molecule has 0 saturated heterocycles. The average molecular weight is 317 g/mol. The van der Waals surface area contributed by atoms with Gasteiger partial charge in [-0.1, -0.05) is 12.1 Å². The molecule has 2 aromatic heterocycles. The molecule has 0 atom stereocenters. The third kappa shape index (κ3) is 2.77. The number of aryl methyl sites for hydroxylation is 1. The topological polar surface area (TPSA) is 89.8 Å². The van der Waals surface area contributed by atoms with E-state index in [-0.39, 0.29) is 0 Å². The highest BCUT2D eigenvalue weighted by Gasteiger charge is 2.08. The third-order valence-corrected chi connectivity index (χ3v) is 4.47. The SMILES string of the molecule is Cn1ncc2c(NCc3ccc(S(C)(=O)=O)cc3)ncnc21. The van der Waals surface area contributed by atoms with Gasteiger partial charge in [0, 0.05) is 19.8 Å². The highest BCUT2D eigenvalue weighted by atomic mass is 32.2. The molecule has 2 heterocycles. The molecule has 0 saturated carbocycles. The number of hydrogen-bond acceptors (Lipinski definition) is 6. The van der Waals surface area contributed by atoms with Gasteiger partial charge in [0.1, 0.15) is 12.1 Å². The van der Waals surface area contributed by atoms with Gasteiger partial charge in [-0.05, 0) is 17.7 Å². The molecule has 0 unspecified atom stereocenters. The molecule has 7 nitrogen and oxygen atoms in total. The summed E-state index contributed by atoms with van der Waals surface area (Å²) in [6.45, 7) is 0.533. The van der Waals surface area contributed by atoms with Gasteiger partial charge in [0.15, 0.2) is 15.5 Å². The Balaban J connectivity index is 1.79. The minimum atomic E-state index is -3.16. The van der Waals surface area contributed by atoms with Gasteiger partial charge in [-0.2, -0.15) is 5.10 Å². The first-order chi connectivity index (χ1) is 10.4. The monoisotopic (exact) mass is 317 g/mol. The fourth-order valence-corrected chi connectivity index (χ4v) is 2.77. The summed E-state index contributed by atoms with van der Waals surface area (Å²) in [4.78, 5) is 8.71. The largest absolute Gasteiger partial charge is 0.365 e. The summed E-state index contributed by atoms with van der Waals surface area (Å²) in [7, 11) is -1.34. The van der Waals surface area contributed by atoms with Gasteiger partial charge in [-0.25, -0.2) is 18.4 Å². The molecule has 0 aliphatic carbocycles.